The Morgan fingerprint density at radius 3 is 2.82 bits per heavy atom. The highest BCUT2D eigenvalue weighted by Crippen LogP contribution is 2.31. The number of nitrogens with two attached hydrogens (primary N) is 1. The molecule has 0 radical (unpaired) electrons. The molecule has 3 nitrogen and oxygen atoms in total. The van der Waals surface area contributed by atoms with Gasteiger partial charge in [-0.15, -0.1) is 0 Å². The monoisotopic (exact) mass is 238 g/mol. The molecule has 1 amide bonds. The van der Waals surface area contributed by atoms with E-state index in [4.69, 9.17) is 5.73 Å². The Hall–Kier alpha value is -0.570. The molecule has 98 valence electrons. The molecule has 3 atom stereocenters. The van der Waals surface area contributed by atoms with Gasteiger partial charge in [0, 0.05) is 19.5 Å². The summed E-state index contributed by atoms with van der Waals surface area (Å²) in [6.45, 7) is 4.88. The van der Waals surface area contributed by atoms with Crippen LogP contribution in [0.25, 0.3) is 0 Å². The molecule has 1 aliphatic heterocycles. The Morgan fingerprint density at radius 2 is 2.18 bits per heavy atom. The van der Waals surface area contributed by atoms with E-state index >= 15 is 0 Å². The fraction of sp³-hybridized carbons (Fsp3) is 0.929. The number of carbonyl (C=O) groups excluding carboxylic acids is 1. The summed E-state index contributed by atoms with van der Waals surface area (Å²) in [7, 11) is 0. The van der Waals surface area contributed by atoms with Gasteiger partial charge >= 0.3 is 0 Å². The first-order valence-corrected chi connectivity index (χ1v) is 7.17. The lowest BCUT2D eigenvalue weighted by Gasteiger charge is -2.28. The van der Waals surface area contributed by atoms with Crippen LogP contribution in [0.4, 0.5) is 0 Å². The van der Waals surface area contributed by atoms with E-state index in [1.54, 1.807) is 0 Å². The first-order chi connectivity index (χ1) is 8.19. The van der Waals surface area contributed by atoms with Crippen LogP contribution in [-0.2, 0) is 4.79 Å². The average Bonchev–Trinajstić information content (AvgIpc) is 2.68. The molecular weight excluding hydrogens is 212 g/mol. The van der Waals surface area contributed by atoms with Crippen LogP contribution in [0.1, 0.15) is 45.4 Å². The fourth-order valence-corrected chi connectivity index (χ4v) is 3.39. The first-order valence-electron chi connectivity index (χ1n) is 7.17. The maximum absolute atomic E-state index is 11.8. The van der Waals surface area contributed by atoms with Crippen molar-refractivity contribution >= 4 is 5.91 Å². The minimum Gasteiger partial charge on any atom is -0.342 e. The molecule has 0 aromatic heterocycles. The normalized spacial score (nSPS) is 34.4. The van der Waals surface area contributed by atoms with Crippen LogP contribution < -0.4 is 5.73 Å². The van der Waals surface area contributed by atoms with Crippen molar-refractivity contribution in [3.63, 3.8) is 0 Å². The minimum atomic E-state index is 0.323. The predicted molar refractivity (Wildman–Crippen MR) is 69.5 cm³/mol. The number of hydrogen-bond acceptors (Lipinski definition) is 2. The number of amides is 1. The Labute approximate surface area is 105 Å². The molecule has 1 heterocycles. The molecule has 2 aliphatic rings. The van der Waals surface area contributed by atoms with E-state index in [0.717, 1.165) is 24.9 Å². The molecule has 2 N–H and O–H groups in total. The Balaban J connectivity index is 1.72. The van der Waals surface area contributed by atoms with Crippen molar-refractivity contribution in [2.75, 3.05) is 19.6 Å². The van der Waals surface area contributed by atoms with Gasteiger partial charge in [0.25, 0.3) is 0 Å². The van der Waals surface area contributed by atoms with Gasteiger partial charge in [0.15, 0.2) is 0 Å². The summed E-state index contributed by atoms with van der Waals surface area (Å²) >= 11 is 0. The lowest BCUT2D eigenvalue weighted by molar-refractivity contribution is -0.127. The largest absolute Gasteiger partial charge is 0.342 e. The van der Waals surface area contributed by atoms with Crippen LogP contribution >= 0.6 is 0 Å². The number of rotatable bonds is 4. The predicted octanol–water partition coefficient (Wildman–Crippen LogP) is 2.01. The molecule has 1 saturated heterocycles. The van der Waals surface area contributed by atoms with Crippen molar-refractivity contribution in [3.05, 3.63) is 0 Å². The van der Waals surface area contributed by atoms with Crippen LogP contribution in [-0.4, -0.2) is 30.4 Å². The molecule has 0 spiro atoms. The van der Waals surface area contributed by atoms with Gasteiger partial charge < -0.3 is 10.6 Å². The summed E-state index contributed by atoms with van der Waals surface area (Å²) in [5.41, 5.74) is 5.64. The van der Waals surface area contributed by atoms with Crippen molar-refractivity contribution in [2.24, 2.45) is 23.5 Å². The number of carbonyl (C=O) groups is 1. The van der Waals surface area contributed by atoms with E-state index in [0.29, 0.717) is 24.8 Å². The molecule has 17 heavy (non-hydrogen) atoms. The SMILES string of the molecule is CC1CCCC(CCN2CC(CN)CC2=O)C1. The van der Waals surface area contributed by atoms with Crippen LogP contribution in [0.5, 0.6) is 0 Å². The van der Waals surface area contributed by atoms with E-state index in [2.05, 4.69) is 6.92 Å². The number of nitrogens with zero attached hydrogens (tertiary/aromatic N) is 1. The highest BCUT2D eigenvalue weighted by atomic mass is 16.2. The minimum absolute atomic E-state index is 0.323. The summed E-state index contributed by atoms with van der Waals surface area (Å²) < 4.78 is 0. The van der Waals surface area contributed by atoms with Crippen LogP contribution in [0.2, 0.25) is 0 Å². The summed E-state index contributed by atoms with van der Waals surface area (Å²) in [5.74, 6) is 2.47. The van der Waals surface area contributed by atoms with Crippen molar-refractivity contribution < 1.29 is 4.79 Å². The fourth-order valence-electron chi connectivity index (χ4n) is 3.39. The molecule has 0 bridgehead atoms. The van der Waals surface area contributed by atoms with Crippen LogP contribution in [0.3, 0.4) is 0 Å². The Morgan fingerprint density at radius 1 is 1.35 bits per heavy atom. The zero-order valence-corrected chi connectivity index (χ0v) is 11.0. The standard InChI is InChI=1S/C14H26N2O/c1-11-3-2-4-12(7-11)5-6-16-10-13(9-15)8-14(16)17/h11-13H,2-10,15H2,1H3. The molecule has 0 aromatic rings. The molecular formula is C14H26N2O. The Bertz CT molecular complexity index is 267. The van der Waals surface area contributed by atoms with Crippen molar-refractivity contribution in [1.29, 1.82) is 0 Å². The first kappa shape index (κ1) is 12.9. The second-order valence-corrected chi connectivity index (χ2v) is 6.07. The quantitative estimate of drug-likeness (QED) is 0.814. The van der Waals surface area contributed by atoms with E-state index in [1.807, 2.05) is 4.90 Å². The van der Waals surface area contributed by atoms with Gasteiger partial charge in [0.2, 0.25) is 5.91 Å². The maximum Gasteiger partial charge on any atom is 0.222 e. The molecule has 3 heteroatoms. The summed E-state index contributed by atoms with van der Waals surface area (Å²) in [4.78, 5) is 13.8. The van der Waals surface area contributed by atoms with Gasteiger partial charge in [-0.1, -0.05) is 26.2 Å². The maximum atomic E-state index is 11.8. The van der Waals surface area contributed by atoms with Gasteiger partial charge in [-0.3, -0.25) is 4.79 Å². The van der Waals surface area contributed by atoms with Crippen LogP contribution in [0.15, 0.2) is 0 Å². The third-order valence-electron chi connectivity index (χ3n) is 4.48. The van der Waals surface area contributed by atoms with Crippen molar-refractivity contribution in [3.8, 4) is 0 Å². The van der Waals surface area contributed by atoms with Crippen molar-refractivity contribution in [1.82, 2.24) is 4.90 Å². The van der Waals surface area contributed by atoms with E-state index in [-0.39, 0.29) is 0 Å². The van der Waals surface area contributed by atoms with Gasteiger partial charge in [0.1, 0.15) is 0 Å². The molecule has 1 saturated carbocycles. The zero-order valence-electron chi connectivity index (χ0n) is 11.0. The second-order valence-electron chi connectivity index (χ2n) is 6.07. The molecule has 3 unspecified atom stereocenters. The van der Waals surface area contributed by atoms with E-state index in [1.165, 1.54) is 32.1 Å². The number of likely N-dealkylation sites (tertiary alicyclic amines) is 1. The summed E-state index contributed by atoms with van der Waals surface area (Å²) in [6.07, 6.45) is 7.39. The van der Waals surface area contributed by atoms with Gasteiger partial charge in [-0.05, 0) is 37.1 Å². The lowest BCUT2D eigenvalue weighted by atomic mass is 9.81. The van der Waals surface area contributed by atoms with Crippen molar-refractivity contribution in [2.45, 2.75) is 45.4 Å². The van der Waals surface area contributed by atoms with E-state index < -0.39 is 0 Å². The average molecular weight is 238 g/mol. The van der Waals surface area contributed by atoms with Gasteiger partial charge in [-0.25, -0.2) is 0 Å². The molecule has 1 aliphatic carbocycles. The second kappa shape index (κ2) is 5.85. The van der Waals surface area contributed by atoms with Gasteiger partial charge in [0.05, 0.1) is 0 Å². The third-order valence-corrected chi connectivity index (χ3v) is 4.48. The highest BCUT2D eigenvalue weighted by Gasteiger charge is 2.29. The summed E-state index contributed by atoms with van der Waals surface area (Å²) in [6, 6.07) is 0. The number of hydrogen-bond donors (Lipinski definition) is 1. The molecule has 0 aromatic carbocycles. The topological polar surface area (TPSA) is 46.3 Å². The molecule has 2 rings (SSSR count). The van der Waals surface area contributed by atoms with Gasteiger partial charge in [-0.2, -0.15) is 0 Å². The zero-order chi connectivity index (χ0) is 12.3. The highest BCUT2D eigenvalue weighted by molar-refractivity contribution is 5.78. The molecule has 2 fully saturated rings. The van der Waals surface area contributed by atoms with E-state index in [9.17, 15) is 4.79 Å². The lowest BCUT2D eigenvalue weighted by Crippen LogP contribution is -2.29. The Kier molecular flexibility index (Phi) is 4.43. The smallest absolute Gasteiger partial charge is 0.222 e. The van der Waals surface area contributed by atoms with Crippen LogP contribution in [0, 0.1) is 17.8 Å². The third kappa shape index (κ3) is 3.44. The summed E-state index contributed by atoms with van der Waals surface area (Å²) in [5, 5.41) is 0.